The zero-order valence-corrected chi connectivity index (χ0v) is 9.67. The van der Waals surface area contributed by atoms with E-state index in [9.17, 15) is 10.2 Å². The minimum atomic E-state index is -0.907. The summed E-state index contributed by atoms with van der Waals surface area (Å²) in [4.78, 5) is 4.22. The van der Waals surface area contributed by atoms with E-state index in [1.165, 1.54) is 0 Å². The van der Waals surface area contributed by atoms with E-state index in [1.54, 1.807) is 13.2 Å². The summed E-state index contributed by atoms with van der Waals surface area (Å²) in [5.74, 6) is 0. The molecule has 4 heteroatoms. The van der Waals surface area contributed by atoms with Crippen LogP contribution >= 0.6 is 0 Å². The highest BCUT2D eigenvalue weighted by molar-refractivity contribution is 5.82. The van der Waals surface area contributed by atoms with Crippen molar-refractivity contribution in [1.29, 1.82) is 0 Å². The summed E-state index contributed by atoms with van der Waals surface area (Å²) in [6, 6.07) is 9.25. The number of aromatic nitrogens is 1. The summed E-state index contributed by atoms with van der Waals surface area (Å²) in [5, 5.41) is 23.6. The van der Waals surface area contributed by atoms with Crippen LogP contribution in [0.1, 0.15) is 11.7 Å². The zero-order valence-electron chi connectivity index (χ0n) is 9.67. The molecule has 17 heavy (non-hydrogen) atoms. The molecule has 0 radical (unpaired) electrons. The van der Waals surface area contributed by atoms with Gasteiger partial charge in [-0.15, -0.1) is 0 Å². The molecule has 2 aromatic rings. The first-order valence-corrected chi connectivity index (χ1v) is 5.58. The molecule has 0 saturated carbocycles. The maximum absolute atomic E-state index is 10.1. The number of nitrogens with one attached hydrogen (secondary N) is 1. The van der Waals surface area contributed by atoms with Crippen LogP contribution in [-0.2, 0) is 0 Å². The van der Waals surface area contributed by atoms with Gasteiger partial charge >= 0.3 is 0 Å². The van der Waals surface area contributed by atoms with Gasteiger partial charge in [-0.25, -0.2) is 0 Å². The second-order valence-electron chi connectivity index (χ2n) is 3.99. The van der Waals surface area contributed by atoms with Gasteiger partial charge in [0.15, 0.2) is 0 Å². The summed E-state index contributed by atoms with van der Waals surface area (Å²) in [6.07, 6.45) is -0.0242. The molecule has 2 unspecified atom stereocenters. The summed E-state index contributed by atoms with van der Waals surface area (Å²) in [6.45, 7) is 0.345. The number of benzene rings is 1. The highest BCUT2D eigenvalue weighted by Crippen LogP contribution is 2.24. The maximum atomic E-state index is 10.1. The number of hydrogen-bond donors (Lipinski definition) is 3. The van der Waals surface area contributed by atoms with Crippen LogP contribution in [0.5, 0.6) is 0 Å². The lowest BCUT2D eigenvalue weighted by Gasteiger charge is -2.19. The quantitative estimate of drug-likeness (QED) is 0.731. The molecule has 0 fully saturated rings. The Hall–Kier alpha value is -1.49. The fourth-order valence-electron chi connectivity index (χ4n) is 1.91. The molecule has 0 amide bonds. The molecular formula is C13H16N2O2. The predicted molar refractivity (Wildman–Crippen MR) is 66.6 cm³/mol. The van der Waals surface area contributed by atoms with Gasteiger partial charge in [-0.05, 0) is 24.7 Å². The molecule has 1 aromatic heterocycles. The summed E-state index contributed by atoms with van der Waals surface area (Å²) < 4.78 is 0. The van der Waals surface area contributed by atoms with Crippen LogP contribution < -0.4 is 5.32 Å². The van der Waals surface area contributed by atoms with Crippen molar-refractivity contribution in [1.82, 2.24) is 10.3 Å². The number of aliphatic hydroxyl groups excluding tert-OH is 2. The molecule has 0 bridgehead atoms. The molecule has 0 aliphatic heterocycles. The van der Waals surface area contributed by atoms with Gasteiger partial charge < -0.3 is 15.5 Å². The van der Waals surface area contributed by atoms with E-state index in [2.05, 4.69) is 10.3 Å². The normalized spacial score (nSPS) is 14.8. The molecular weight excluding hydrogens is 216 g/mol. The Morgan fingerprint density at radius 3 is 2.82 bits per heavy atom. The summed E-state index contributed by atoms with van der Waals surface area (Å²) >= 11 is 0. The number of aliphatic hydroxyl groups is 2. The van der Waals surface area contributed by atoms with E-state index in [4.69, 9.17) is 0 Å². The van der Waals surface area contributed by atoms with Gasteiger partial charge in [-0.2, -0.15) is 0 Å². The topological polar surface area (TPSA) is 65.4 Å². The Bertz CT molecular complexity index is 496. The molecule has 3 N–H and O–H groups in total. The summed E-state index contributed by atoms with van der Waals surface area (Å²) in [5.41, 5.74) is 1.53. The van der Waals surface area contributed by atoms with Gasteiger partial charge in [0.05, 0.1) is 11.6 Å². The van der Waals surface area contributed by atoms with Crippen molar-refractivity contribution in [2.75, 3.05) is 13.6 Å². The largest absolute Gasteiger partial charge is 0.389 e. The molecule has 0 aliphatic rings. The minimum Gasteiger partial charge on any atom is -0.389 e. The van der Waals surface area contributed by atoms with Crippen molar-refractivity contribution >= 4 is 10.9 Å². The molecule has 0 saturated heterocycles. The van der Waals surface area contributed by atoms with Crippen LogP contribution in [0.2, 0.25) is 0 Å². The van der Waals surface area contributed by atoms with E-state index in [-0.39, 0.29) is 0 Å². The van der Waals surface area contributed by atoms with Gasteiger partial charge in [0.2, 0.25) is 0 Å². The van der Waals surface area contributed by atoms with E-state index >= 15 is 0 Å². The van der Waals surface area contributed by atoms with Crippen LogP contribution in [0, 0.1) is 0 Å². The van der Waals surface area contributed by atoms with E-state index < -0.39 is 12.2 Å². The molecule has 1 aromatic carbocycles. The number of likely N-dealkylation sites (N-methyl/N-ethyl adjacent to an activating group) is 1. The number of pyridine rings is 1. The predicted octanol–water partition coefficient (Wildman–Crippen LogP) is 0.848. The van der Waals surface area contributed by atoms with Crippen molar-refractivity contribution in [3.05, 3.63) is 42.1 Å². The van der Waals surface area contributed by atoms with Crippen molar-refractivity contribution in [2.24, 2.45) is 0 Å². The third-order valence-corrected chi connectivity index (χ3v) is 2.78. The Balaban J connectivity index is 2.41. The lowest BCUT2D eigenvalue weighted by molar-refractivity contribution is 0.0211. The molecule has 0 spiro atoms. The van der Waals surface area contributed by atoms with Gasteiger partial charge in [0.1, 0.15) is 6.10 Å². The lowest BCUT2D eigenvalue weighted by Crippen LogP contribution is -2.29. The SMILES string of the molecule is CNCC(O)C(O)c1cccc2ncccc12. The van der Waals surface area contributed by atoms with Gasteiger partial charge in [0.25, 0.3) is 0 Å². The molecule has 1 heterocycles. The van der Waals surface area contributed by atoms with Crippen LogP contribution in [0.3, 0.4) is 0 Å². The van der Waals surface area contributed by atoms with Gasteiger partial charge in [-0.3, -0.25) is 4.98 Å². The Labute approximate surface area is 99.9 Å². The second-order valence-corrected chi connectivity index (χ2v) is 3.99. The molecule has 2 rings (SSSR count). The molecule has 2 atom stereocenters. The van der Waals surface area contributed by atoms with Crippen molar-refractivity contribution < 1.29 is 10.2 Å². The standard InChI is InChI=1S/C13H16N2O2/c1-14-8-12(16)13(17)10-4-2-6-11-9(10)5-3-7-15-11/h2-7,12-14,16-17H,8H2,1H3. The third-order valence-electron chi connectivity index (χ3n) is 2.78. The van der Waals surface area contributed by atoms with Crippen LogP contribution in [-0.4, -0.2) is 34.9 Å². The number of nitrogens with zero attached hydrogens (tertiary/aromatic N) is 1. The maximum Gasteiger partial charge on any atom is 0.107 e. The van der Waals surface area contributed by atoms with Gasteiger partial charge in [0, 0.05) is 18.1 Å². The van der Waals surface area contributed by atoms with Crippen LogP contribution in [0.25, 0.3) is 10.9 Å². The Kier molecular flexibility index (Phi) is 3.68. The first kappa shape index (κ1) is 12.0. The van der Waals surface area contributed by atoms with E-state index in [0.717, 1.165) is 10.9 Å². The average Bonchev–Trinajstić information content (AvgIpc) is 2.37. The number of fused-ring (bicyclic) bond motifs is 1. The molecule has 90 valence electrons. The second kappa shape index (κ2) is 5.23. The lowest BCUT2D eigenvalue weighted by atomic mass is 9.99. The van der Waals surface area contributed by atoms with Gasteiger partial charge in [-0.1, -0.05) is 18.2 Å². The van der Waals surface area contributed by atoms with E-state index in [1.807, 2.05) is 30.3 Å². The monoisotopic (exact) mass is 232 g/mol. The van der Waals surface area contributed by atoms with Crippen molar-refractivity contribution in [3.63, 3.8) is 0 Å². The van der Waals surface area contributed by atoms with Crippen LogP contribution in [0.15, 0.2) is 36.5 Å². The molecule has 4 nitrogen and oxygen atoms in total. The Morgan fingerprint density at radius 2 is 2.06 bits per heavy atom. The highest BCUT2D eigenvalue weighted by Gasteiger charge is 2.19. The number of hydrogen-bond acceptors (Lipinski definition) is 4. The Morgan fingerprint density at radius 1 is 1.24 bits per heavy atom. The van der Waals surface area contributed by atoms with Crippen molar-refractivity contribution in [2.45, 2.75) is 12.2 Å². The fourth-order valence-corrected chi connectivity index (χ4v) is 1.91. The van der Waals surface area contributed by atoms with Crippen LogP contribution in [0.4, 0.5) is 0 Å². The van der Waals surface area contributed by atoms with E-state index in [0.29, 0.717) is 12.1 Å². The fraction of sp³-hybridized carbons (Fsp3) is 0.308. The summed E-state index contributed by atoms with van der Waals surface area (Å²) in [7, 11) is 1.74. The van der Waals surface area contributed by atoms with Crippen molar-refractivity contribution in [3.8, 4) is 0 Å². The smallest absolute Gasteiger partial charge is 0.107 e. The zero-order chi connectivity index (χ0) is 12.3. The minimum absolute atomic E-state index is 0.345. The highest BCUT2D eigenvalue weighted by atomic mass is 16.3. The average molecular weight is 232 g/mol. The first-order chi connectivity index (χ1) is 8.24. The number of rotatable bonds is 4. The third kappa shape index (κ3) is 2.44. The first-order valence-electron chi connectivity index (χ1n) is 5.58. The molecule has 0 aliphatic carbocycles.